The lowest BCUT2D eigenvalue weighted by molar-refractivity contribution is -0.144. The van der Waals surface area contributed by atoms with Crippen molar-refractivity contribution in [3.05, 3.63) is 40.3 Å². The minimum Gasteiger partial charge on any atom is -0.459 e. The second-order valence-electron chi connectivity index (χ2n) is 5.04. The van der Waals surface area contributed by atoms with Gasteiger partial charge in [0.25, 0.3) is 0 Å². The van der Waals surface area contributed by atoms with Gasteiger partial charge in [-0.1, -0.05) is 15.9 Å². The van der Waals surface area contributed by atoms with Crippen LogP contribution < -0.4 is 11.1 Å². The quantitative estimate of drug-likeness (QED) is 0.684. The van der Waals surface area contributed by atoms with Crippen molar-refractivity contribution in [1.82, 2.24) is 15.0 Å². The number of halogens is 4. The number of rotatable bonds is 3. The Balaban J connectivity index is 1.88. The Bertz CT molecular complexity index is 896. The lowest BCUT2D eigenvalue weighted by atomic mass is 10.2. The molecule has 0 bridgehead atoms. The van der Waals surface area contributed by atoms with E-state index >= 15 is 0 Å². The van der Waals surface area contributed by atoms with E-state index in [-0.39, 0.29) is 5.95 Å². The molecule has 10 heteroatoms. The Morgan fingerprint density at radius 3 is 2.67 bits per heavy atom. The lowest BCUT2D eigenvalue weighted by Gasteiger charge is -2.13. The number of nitrogen functional groups attached to an aromatic ring is 1. The van der Waals surface area contributed by atoms with Crippen molar-refractivity contribution in [1.29, 1.82) is 0 Å². The molecule has 1 atom stereocenters. The summed E-state index contributed by atoms with van der Waals surface area (Å²) in [6.45, 7) is 1.71. The van der Waals surface area contributed by atoms with E-state index in [1.54, 1.807) is 19.1 Å². The van der Waals surface area contributed by atoms with E-state index in [4.69, 9.17) is 10.2 Å². The molecule has 0 fully saturated rings. The van der Waals surface area contributed by atoms with Crippen molar-refractivity contribution in [3.8, 4) is 0 Å². The summed E-state index contributed by atoms with van der Waals surface area (Å²) in [4.78, 5) is 10.1. The standard InChI is InChI=1S/C14H11BrF3N5O/c1-6(9-4-7-2-3-8(15)5-10(7)24-9)20-13-22-11(14(16,17)18)21-12(19)23-13/h2-6H,1H3,(H3,19,20,21,22,23). The number of anilines is 2. The average molecular weight is 402 g/mol. The van der Waals surface area contributed by atoms with Crippen LogP contribution >= 0.6 is 15.9 Å². The van der Waals surface area contributed by atoms with Crippen LogP contribution in [-0.4, -0.2) is 15.0 Å². The van der Waals surface area contributed by atoms with Gasteiger partial charge in [-0.05, 0) is 31.2 Å². The number of nitrogens with zero attached hydrogens (tertiary/aromatic N) is 3. The summed E-state index contributed by atoms with van der Waals surface area (Å²) in [6.07, 6.45) is -4.71. The lowest BCUT2D eigenvalue weighted by Crippen LogP contribution is -2.17. The van der Waals surface area contributed by atoms with Gasteiger partial charge in [0.05, 0.1) is 6.04 Å². The van der Waals surface area contributed by atoms with Crippen LogP contribution in [0.2, 0.25) is 0 Å². The van der Waals surface area contributed by atoms with Gasteiger partial charge in [0, 0.05) is 9.86 Å². The Kier molecular flexibility index (Phi) is 4.08. The fourth-order valence-corrected chi connectivity index (χ4v) is 2.43. The highest BCUT2D eigenvalue weighted by molar-refractivity contribution is 9.10. The number of hydrogen-bond donors (Lipinski definition) is 2. The molecule has 3 rings (SSSR count). The predicted octanol–water partition coefficient (Wildman–Crippen LogP) is 4.15. The predicted molar refractivity (Wildman–Crippen MR) is 85.2 cm³/mol. The number of hydrogen-bond acceptors (Lipinski definition) is 6. The summed E-state index contributed by atoms with van der Waals surface area (Å²) in [5, 5.41) is 3.61. The van der Waals surface area contributed by atoms with Crippen molar-refractivity contribution in [2.75, 3.05) is 11.1 Å². The van der Waals surface area contributed by atoms with Gasteiger partial charge < -0.3 is 15.5 Å². The first-order valence-corrected chi connectivity index (χ1v) is 7.56. The fourth-order valence-electron chi connectivity index (χ4n) is 2.09. The molecule has 3 aromatic rings. The maximum absolute atomic E-state index is 12.7. The summed E-state index contributed by atoms with van der Waals surface area (Å²) in [7, 11) is 0. The molecule has 0 saturated carbocycles. The molecule has 1 aromatic carbocycles. The maximum Gasteiger partial charge on any atom is 0.451 e. The van der Waals surface area contributed by atoms with Gasteiger partial charge in [0.15, 0.2) is 0 Å². The molecule has 0 amide bonds. The maximum atomic E-state index is 12.7. The van der Waals surface area contributed by atoms with Crippen LogP contribution in [0.3, 0.4) is 0 Å². The van der Waals surface area contributed by atoms with E-state index in [1.165, 1.54) is 0 Å². The minimum absolute atomic E-state index is 0.274. The van der Waals surface area contributed by atoms with Crippen LogP contribution in [0.25, 0.3) is 11.0 Å². The first kappa shape index (κ1) is 16.5. The third kappa shape index (κ3) is 3.42. The number of alkyl halides is 3. The number of nitrogens with one attached hydrogen (secondary N) is 1. The topological polar surface area (TPSA) is 89.9 Å². The van der Waals surface area contributed by atoms with Crippen LogP contribution in [0.4, 0.5) is 25.1 Å². The first-order chi connectivity index (χ1) is 11.2. The molecule has 0 aliphatic carbocycles. The molecule has 6 nitrogen and oxygen atoms in total. The van der Waals surface area contributed by atoms with Crippen molar-refractivity contribution in [3.63, 3.8) is 0 Å². The highest BCUT2D eigenvalue weighted by Gasteiger charge is 2.35. The monoisotopic (exact) mass is 401 g/mol. The molecular weight excluding hydrogens is 391 g/mol. The van der Waals surface area contributed by atoms with Gasteiger partial charge in [-0.15, -0.1) is 0 Å². The van der Waals surface area contributed by atoms with Crippen molar-refractivity contribution in [2.24, 2.45) is 0 Å². The van der Waals surface area contributed by atoms with Gasteiger partial charge in [-0.25, -0.2) is 0 Å². The molecule has 2 aromatic heterocycles. The number of benzene rings is 1. The smallest absolute Gasteiger partial charge is 0.451 e. The first-order valence-electron chi connectivity index (χ1n) is 6.76. The summed E-state index contributed by atoms with van der Waals surface area (Å²) < 4.78 is 44.7. The Hall–Kier alpha value is -2.36. The molecule has 0 aliphatic rings. The van der Waals surface area contributed by atoms with Crippen molar-refractivity contribution in [2.45, 2.75) is 19.1 Å². The largest absolute Gasteiger partial charge is 0.459 e. The molecule has 3 N–H and O–H groups in total. The Labute approximate surface area is 142 Å². The third-order valence-corrected chi connectivity index (χ3v) is 3.67. The second kappa shape index (κ2) is 5.93. The highest BCUT2D eigenvalue weighted by Crippen LogP contribution is 2.29. The average Bonchev–Trinajstić information content (AvgIpc) is 2.88. The SMILES string of the molecule is CC(Nc1nc(N)nc(C(F)(F)F)n1)c1cc2ccc(Br)cc2o1. The van der Waals surface area contributed by atoms with Crippen LogP contribution in [0.1, 0.15) is 24.6 Å². The number of fused-ring (bicyclic) bond motifs is 1. The molecule has 0 saturated heterocycles. The number of furan rings is 1. The molecule has 0 radical (unpaired) electrons. The zero-order chi connectivity index (χ0) is 17.5. The summed E-state index contributed by atoms with van der Waals surface area (Å²) in [5.41, 5.74) is 5.97. The van der Waals surface area contributed by atoms with E-state index in [0.29, 0.717) is 11.3 Å². The van der Waals surface area contributed by atoms with Gasteiger partial charge in [-0.2, -0.15) is 28.1 Å². The third-order valence-electron chi connectivity index (χ3n) is 3.18. The summed E-state index contributed by atoms with van der Waals surface area (Å²) in [6, 6.07) is 6.84. The molecule has 24 heavy (non-hydrogen) atoms. The zero-order valence-corrected chi connectivity index (χ0v) is 13.8. The van der Waals surface area contributed by atoms with Gasteiger partial charge >= 0.3 is 6.18 Å². The number of aromatic nitrogens is 3. The van der Waals surface area contributed by atoms with E-state index < -0.39 is 24.0 Å². The van der Waals surface area contributed by atoms with Crippen LogP contribution in [0, 0.1) is 0 Å². The Morgan fingerprint density at radius 2 is 1.96 bits per heavy atom. The van der Waals surface area contributed by atoms with E-state index in [2.05, 4.69) is 36.2 Å². The molecule has 126 valence electrons. The normalized spacial score (nSPS) is 13.2. The fraction of sp³-hybridized carbons (Fsp3) is 0.214. The molecular formula is C14H11BrF3N5O. The van der Waals surface area contributed by atoms with E-state index in [9.17, 15) is 13.2 Å². The van der Waals surface area contributed by atoms with E-state index in [1.807, 2.05) is 12.1 Å². The van der Waals surface area contributed by atoms with Gasteiger partial charge in [0.2, 0.25) is 17.7 Å². The molecule has 1 unspecified atom stereocenters. The highest BCUT2D eigenvalue weighted by atomic mass is 79.9. The van der Waals surface area contributed by atoms with Crippen molar-refractivity contribution < 1.29 is 17.6 Å². The van der Waals surface area contributed by atoms with Crippen molar-refractivity contribution >= 4 is 38.8 Å². The molecule has 0 aliphatic heterocycles. The van der Waals surface area contributed by atoms with Crippen LogP contribution in [-0.2, 0) is 6.18 Å². The summed E-state index contributed by atoms with van der Waals surface area (Å²) >= 11 is 3.34. The second-order valence-corrected chi connectivity index (χ2v) is 5.95. The zero-order valence-electron chi connectivity index (χ0n) is 12.2. The Morgan fingerprint density at radius 1 is 1.21 bits per heavy atom. The number of nitrogens with two attached hydrogens (primary N) is 1. The van der Waals surface area contributed by atoms with Crippen LogP contribution in [0.5, 0.6) is 0 Å². The van der Waals surface area contributed by atoms with Gasteiger partial charge in [0.1, 0.15) is 11.3 Å². The minimum atomic E-state index is -4.71. The van der Waals surface area contributed by atoms with E-state index in [0.717, 1.165) is 9.86 Å². The molecule has 0 spiro atoms. The molecule has 2 heterocycles. The summed E-state index contributed by atoms with van der Waals surface area (Å²) in [5.74, 6) is -1.61. The van der Waals surface area contributed by atoms with Gasteiger partial charge in [-0.3, -0.25) is 0 Å². The van der Waals surface area contributed by atoms with Crippen LogP contribution in [0.15, 0.2) is 33.2 Å².